The Bertz CT molecular complexity index is 801. The molecular formula is C18H19FN4O. The van der Waals surface area contributed by atoms with Crippen LogP contribution < -0.4 is 4.90 Å². The lowest BCUT2D eigenvalue weighted by Crippen LogP contribution is -2.19. The summed E-state index contributed by atoms with van der Waals surface area (Å²) >= 11 is 0. The minimum absolute atomic E-state index is 0.333. The Morgan fingerprint density at radius 1 is 1.17 bits per heavy atom. The molecule has 2 aromatic heterocycles. The van der Waals surface area contributed by atoms with Gasteiger partial charge in [-0.2, -0.15) is 4.98 Å². The van der Waals surface area contributed by atoms with Gasteiger partial charge in [0.2, 0.25) is 5.82 Å². The van der Waals surface area contributed by atoms with Crippen molar-refractivity contribution in [2.45, 2.75) is 19.8 Å². The zero-order valence-corrected chi connectivity index (χ0v) is 13.7. The summed E-state index contributed by atoms with van der Waals surface area (Å²) in [5.74, 6) is 1.29. The van der Waals surface area contributed by atoms with Crippen LogP contribution in [0.5, 0.6) is 0 Å². The number of rotatable bonds is 6. The predicted molar refractivity (Wildman–Crippen MR) is 91.1 cm³/mol. The molecule has 0 aliphatic carbocycles. The van der Waals surface area contributed by atoms with Gasteiger partial charge in [0.05, 0.1) is 5.56 Å². The zero-order valence-electron chi connectivity index (χ0n) is 13.7. The Balaban J connectivity index is 1.78. The van der Waals surface area contributed by atoms with Crippen LogP contribution in [0.1, 0.15) is 19.8 Å². The number of halogens is 1. The lowest BCUT2D eigenvalue weighted by molar-refractivity contribution is 0.432. The van der Waals surface area contributed by atoms with Crippen LogP contribution in [0.15, 0.2) is 47.1 Å². The van der Waals surface area contributed by atoms with Crippen LogP contribution in [0.2, 0.25) is 0 Å². The van der Waals surface area contributed by atoms with Gasteiger partial charge in [-0.25, -0.2) is 9.37 Å². The molecule has 124 valence electrons. The number of pyridine rings is 1. The minimum Gasteiger partial charge on any atom is -0.360 e. The molecule has 0 unspecified atom stereocenters. The summed E-state index contributed by atoms with van der Waals surface area (Å²) in [5, 5.41) is 3.91. The maximum absolute atomic E-state index is 13.3. The second-order valence-electron chi connectivity index (χ2n) is 5.61. The number of aromatic nitrogens is 3. The first-order valence-electron chi connectivity index (χ1n) is 7.94. The van der Waals surface area contributed by atoms with E-state index in [-0.39, 0.29) is 5.82 Å². The quantitative estimate of drug-likeness (QED) is 0.680. The van der Waals surface area contributed by atoms with Gasteiger partial charge in [-0.15, -0.1) is 0 Å². The Morgan fingerprint density at radius 2 is 2.04 bits per heavy atom. The lowest BCUT2D eigenvalue weighted by atomic mass is 10.2. The standard InChI is InChI=1S/C18H19FN4O/c1-3-4-10-23(2)16-9-8-14(12-20-16)18-21-17(22-24-18)13-6-5-7-15(19)11-13/h5-9,11-12H,3-4,10H2,1-2H3. The van der Waals surface area contributed by atoms with E-state index in [1.54, 1.807) is 18.3 Å². The number of unbranched alkanes of at least 4 members (excludes halogenated alkanes) is 1. The normalized spacial score (nSPS) is 10.8. The molecule has 2 heterocycles. The summed E-state index contributed by atoms with van der Waals surface area (Å²) in [6.07, 6.45) is 3.98. The van der Waals surface area contributed by atoms with Gasteiger partial charge < -0.3 is 9.42 Å². The van der Waals surface area contributed by atoms with Crippen LogP contribution in [0.25, 0.3) is 22.8 Å². The van der Waals surface area contributed by atoms with Crippen molar-refractivity contribution in [1.82, 2.24) is 15.1 Å². The molecule has 0 spiro atoms. The number of benzene rings is 1. The molecule has 0 radical (unpaired) electrons. The van der Waals surface area contributed by atoms with E-state index in [0.717, 1.165) is 30.8 Å². The fraction of sp³-hybridized carbons (Fsp3) is 0.278. The molecule has 0 bridgehead atoms. The van der Waals surface area contributed by atoms with Gasteiger partial charge in [-0.05, 0) is 30.7 Å². The van der Waals surface area contributed by atoms with Crippen LogP contribution in [-0.2, 0) is 0 Å². The molecule has 0 N–H and O–H groups in total. The molecule has 0 fully saturated rings. The van der Waals surface area contributed by atoms with Crippen molar-refractivity contribution >= 4 is 5.82 Å². The maximum Gasteiger partial charge on any atom is 0.259 e. The molecule has 0 amide bonds. The molecule has 0 saturated carbocycles. The largest absolute Gasteiger partial charge is 0.360 e. The predicted octanol–water partition coefficient (Wildman–Crippen LogP) is 4.17. The van der Waals surface area contributed by atoms with Gasteiger partial charge in [0.1, 0.15) is 11.6 Å². The van der Waals surface area contributed by atoms with Crippen molar-refractivity contribution in [3.8, 4) is 22.8 Å². The summed E-state index contributed by atoms with van der Waals surface area (Å²) in [7, 11) is 2.02. The van der Waals surface area contributed by atoms with Gasteiger partial charge in [0, 0.05) is 25.4 Å². The molecule has 0 atom stereocenters. The highest BCUT2D eigenvalue weighted by Crippen LogP contribution is 2.23. The van der Waals surface area contributed by atoms with Gasteiger partial charge in [0.25, 0.3) is 5.89 Å². The van der Waals surface area contributed by atoms with E-state index in [2.05, 4.69) is 26.9 Å². The van der Waals surface area contributed by atoms with Crippen LogP contribution in [0.3, 0.4) is 0 Å². The summed E-state index contributed by atoms with van der Waals surface area (Å²) in [6, 6.07) is 9.93. The molecule has 3 aromatic rings. The molecule has 5 nitrogen and oxygen atoms in total. The lowest BCUT2D eigenvalue weighted by Gasteiger charge is -2.17. The molecule has 0 aliphatic heterocycles. The second kappa shape index (κ2) is 7.21. The van der Waals surface area contributed by atoms with Crippen LogP contribution in [0.4, 0.5) is 10.2 Å². The van der Waals surface area contributed by atoms with Crippen molar-refractivity contribution in [2.75, 3.05) is 18.5 Å². The summed E-state index contributed by atoms with van der Waals surface area (Å²) in [6.45, 7) is 3.13. The van der Waals surface area contributed by atoms with Crippen molar-refractivity contribution < 1.29 is 8.91 Å². The third kappa shape index (κ3) is 3.59. The second-order valence-corrected chi connectivity index (χ2v) is 5.61. The highest BCUT2D eigenvalue weighted by molar-refractivity contribution is 5.60. The number of hydrogen-bond donors (Lipinski definition) is 0. The highest BCUT2D eigenvalue weighted by atomic mass is 19.1. The zero-order chi connectivity index (χ0) is 16.9. The van der Waals surface area contributed by atoms with Crippen molar-refractivity contribution in [1.29, 1.82) is 0 Å². The smallest absolute Gasteiger partial charge is 0.259 e. The molecular weight excluding hydrogens is 307 g/mol. The van der Waals surface area contributed by atoms with E-state index < -0.39 is 0 Å². The van der Waals surface area contributed by atoms with E-state index in [9.17, 15) is 4.39 Å². The van der Waals surface area contributed by atoms with Gasteiger partial charge in [-0.3, -0.25) is 0 Å². The van der Waals surface area contributed by atoms with E-state index in [0.29, 0.717) is 17.3 Å². The Morgan fingerprint density at radius 3 is 2.75 bits per heavy atom. The van der Waals surface area contributed by atoms with Crippen molar-refractivity contribution in [2.24, 2.45) is 0 Å². The van der Waals surface area contributed by atoms with E-state index in [1.807, 2.05) is 19.2 Å². The van der Waals surface area contributed by atoms with Crippen molar-refractivity contribution in [3.63, 3.8) is 0 Å². The highest BCUT2D eigenvalue weighted by Gasteiger charge is 2.12. The van der Waals surface area contributed by atoms with E-state index in [4.69, 9.17) is 4.52 Å². The minimum atomic E-state index is -0.333. The third-order valence-electron chi connectivity index (χ3n) is 3.74. The van der Waals surface area contributed by atoms with Crippen LogP contribution >= 0.6 is 0 Å². The molecule has 0 saturated heterocycles. The Labute approximate surface area is 140 Å². The molecule has 24 heavy (non-hydrogen) atoms. The summed E-state index contributed by atoms with van der Waals surface area (Å²) < 4.78 is 18.6. The molecule has 1 aromatic carbocycles. The van der Waals surface area contributed by atoms with Gasteiger partial charge >= 0.3 is 0 Å². The van der Waals surface area contributed by atoms with Gasteiger partial charge in [-0.1, -0.05) is 30.6 Å². The van der Waals surface area contributed by atoms with Crippen molar-refractivity contribution in [3.05, 3.63) is 48.4 Å². The fourth-order valence-electron chi connectivity index (χ4n) is 2.33. The maximum atomic E-state index is 13.3. The number of anilines is 1. The van der Waals surface area contributed by atoms with E-state index in [1.165, 1.54) is 12.1 Å². The van der Waals surface area contributed by atoms with Gasteiger partial charge in [0.15, 0.2) is 0 Å². The monoisotopic (exact) mass is 326 g/mol. The van der Waals surface area contributed by atoms with Crippen LogP contribution in [-0.4, -0.2) is 28.7 Å². The first kappa shape index (κ1) is 16.1. The third-order valence-corrected chi connectivity index (χ3v) is 3.74. The molecule has 3 rings (SSSR count). The molecule has 6 heteroatoms. The Hall–Kier alpha value is -2.76. The van der Waals surface area contributed by atoms with Crippen LogP contribution in [0, 0.1) is 5.82 Å². The SMILES string of the molecule is CCCCN(C)c1ccc(-c2nc(-c3cccc(F)c3)no2)cn1. The number of hydrogen-bond acceptors (Lipinski definition) is 5. The number of nitrogens with zero attached hydrogens (tertiary/aromatic N) is 4. The average Bonchev–Trinajstić information content (AvgIpc) is 3.10. The molecule has 0 aliphatic rings. The average molecular weight is 326 g/mol. The van der Waals surface area contributed by atoms with E-state index >= 15 is 0 Å². The Kier molecular flexibility index (Phi) is 4.84. The topological polar surface area (TPSA) is 55.1 Å². The summed E-state index contributed by atoms with van der Waals surface area (Å²) in [5.41, 5.74) is 1.31. The first-order chi connectivity index (χ1) is 11.7. The summed E-state index contributed by atoms with van der Waals surface area (Å²) in [4.78, 5) is 10.9. The fourth-order valence-corrected chi connectivity index (χ4v) is 2.33. The first-order valence-corrected chi connectivity index (χ1v) is 7.94.